The molecule has 2 aromatic rings. The molecule has 0 N–H and O–H groups in total. The summed E-state index contributed by atoms with van der Waals surface area (Å²) in [7, 11) is 1.55. The zero-order chi connectivity index (χ0) is 15.9. The Bertz CT molecular complexity index is 587. The third-order valence-electron chi connectivity index (χ3n) is 3.76. The van der Waals surface area contributed by atoms with Crippen molar-refractivity contribution in [2.75, 3.05) is 7.11 Å². The lowest BCUT2D eigenvalue weighted by Crippen LogP contribution is -2.40. The number of hydrogen-bond acceptors (Lipinski definition) is 3. The summed E-state index contributed by atoms with van der Waals surface area (Å²) in [6.07, 6.45) is 1.27. The molecule has 0 aliphatic carbocycles. The van der Waals surface area contributed by atoms with Gasteiger partial charge in [0, 0.05) is 19.9 Å². The molecule has 0 bridgehead atoms. The SMILES string of the molecule is CO[C@H](C)C(=O)N(Cc1ccccc1)[C@H](C)c1ccccn1. The first kappa shape index (κ1) is 16.2. The number of hydrogen-bond donors (Lipinski definition) is 0. The van der Waals surface area contributed by atoms with Crippen LogP contribution < -0.4 is 0 Å². The van der Waals surface area contributed by atoms with E-state index in [4.69, 9.17) is 4.74 Å². The van der Waals surface area contributed by atoms with Crippen molar-refractivity contribution in [3.8, 4) is 0 Å². The van der Waals surface area contributed by atoms with Gasteiger partial charge in [0.25, 0.3) is 5.91 Å². The largest absolute Gasteiger partial charge is 0.372 e. The number of amides is 1. The monoisotopic (exact) mass is 298 g/mol. The van der Waals surface area contributed by atoms with Crippen LogP contribution in [0.25, 0.3) is 0 Å². The van der Waals surface area contributed by atoms with E-state index in [1.165, 1.54) is 0 Å². The Balaban J connectivity index is 2.27. The van der Waals surface area contributed by atoms with Crippen molar-refractivity contribution >= 4 is 5.91 Å². The van der Waals surface area contributed by atoms with Crippen molar-refractivity contribution < 1.29 is 9.53 Å². The van der Waals surface area contributed by atoms with E-state index in [-0.39, 0.29) is 11.9 Å². The van der Waals surface area contributed by atoms with Crippen molar-refractivity contribution in [1.82, 2.24) is 9.88 Å². The first-order chi connectivity index (χ1) is 10.6. The van der Waals surface area contributed by atoms with Crippen LogP contribution >= 0.6 is 0 Å². The van der Waals surface area contributed by atoms with Crippen LogP contribution in [-0.4, -0.2) is 29.0 Å². The number of benzene rings is 1. The Kier molecular flexibility index (Phi) is 5.67. The Labute approximate surface area is 131 Å². The summed E-state index contributed by atoms with van der Waals surface area (Å²) in [5, 5.41) is 0. The normalized spacial score (nSPS) is 13.4. The molecule has 116 valence electrons. The minimum atomic E-state index is -0.477. The molecule has 2 rings (SSSR count). The lowest BCUT2D eigenvalue weighted by atomic mass is 10.1. The van der Waals surface area contributed by atoms with E-state index in [9.17, 15) is 4.79 Å². The minimum absolute atomic E-state index is 0.0375. The van der Waals surface area contributed by atoms with Gasteiger partial charge < -0.3 is 9.64 Å². The van der Waals surface area contributed by atoms with Gasteiger partial charge in [-0.2, -0.15) is 0 Å². The van der Waals surface area contributed by atoms with E-state index in [1.807, 2.05) is 60.4 Å². The summed E-state index contributed by atoms with van der Waals surface area (Å²) in [6, 6.07) is 15.6. The summed E-state index contributed by atoms with van der Waals surface area (Å²) in [5.74, 6) is -0.0375. The van der Waals surface area contributed by atoms with E-state index >= 15 is 0 Å². The first-order valence-electron chi connectivity index (χ1n) is 7.41. The molecular formula is C18H22N2O2. The maximum absolute atomic E-state index is 12.7. The van der Waals surface area contributed by atoms with Crippen molar-refractivity contribution in [2.24, 2.45) is 0 Å². The maximum atomic E-state index is 12.7. The number of rotatable bonds is 6. The smallest absolute Gasteiger partial charge is 0.252 e. The highest BCUT2D eigenvalue weighted by atomic mass is 16.5. The van der Waals surface area contributed by atoms with Crippen LogP contribution in [0.15, 0.2) is 54.7 Å². The van der Waals surface area contributed by atoms with Gasteiger partial charge in [-0.3, -0.25) is 9.78 Å². The van der Waals surface area contributed by atoms with Crippen LogP contribution in [-0.2, 0) is 16.1 Å². The molecule has 1 amide bonds. The Morgan fingerprint density at radius 1 is 1.14 bits per heavy atom. The fraction of sp³-hybridized carbons (Fsp3) is 0.333. The minimum Gasteiger partial charge on any atom is -0.372 e. The second-order valence-corrected chi connectivity index (χ2v) is 5.26. The van der Waals surface area contributed by atoms with Crippen LogP contribution in [0.5, 0.6) is 0 Å². The van der Waals surface area contributed by atoms with Crippen molar-refractivity contribution in [2.45, 2.75) is 32.5 Å². The van der Waals surface area contributed by atoms with Crippen molar-refractivity contribution in [3.05, 3.63) is 66.0 Å². The predicted octanol–water partition coefficient (Wildman–Crippen LogP) is 3.21. The molecule has 0 radical (unpaired) electrons. The molecule has 0 saturated carbocycles. The van der Waals surface area contributed by atoms with E-state index in [0.717, 1.165) is 11.3 Å². The lowest BCUT2D eigenvalue weighted by Gasteiger charge is -2.31. The van der Waals surface area contributed by atoms with E-state index in [2.05, 4.69) is 4.98 Å². The molecule has 0 saturated heterocycles. The van der Waals surface area contributed by atoms with Crippen LogP contribution in [0.2, 0.25) is 0 Å². The standard InChI is InChI=1S/C18H22N2O2/c1-14(17-11-7-8-12-19-17)20(18(21)15(2)22-3)13-16-9-5-4-6-10-16/h4-12,14-15H,13H2,1-3H3/t14-,15-/m1/s1. The summed E-state index contributed by atoms with van der Waals surface area (Å²) < 4.78 is 5.21. The third kappa shape index (κ3) is 3.92. The highest BCUT2D eigenvalue weighted by Crippen LogP contribution is 2.22. The molecule has 0 aliphatic heterocycles. The number of carbonyl (C=O) groups excluding carboxylic acids is 1. The second kappa shape index (κ2) is 7.71. The summed E-state index contributed by atoms with van der Waals surface area (Å²) >= 11 is 0. The molecule has 0 unspecified atom stereocenters. The fourth-order valence-electron chi connectivity index (χ4n) is 2.30. The number of nitrogens with zero attached hydrogens (tertiary/aromatic N) is 2. The number of methoxy groups -OCH3 is 1. The van der Waals surface area contributed by atoms with Gasteiger partial charge in [-0.25, -0.2) is 0 Å². The first-order valence-corrected chi connectivity index (χ1v) is 7.41. The zero-order valence-electron chi connectivity index (χ0n) is 13.3. The number of pyridine rings is 1. The maximum Gasteiger partial charge on any atom is 0.252 e. The number of aromatic nitrogens is 1. The predicted molar refractivity (Wildman–Crippen MR) is 86.1 cm³/mol. The average Bonchev–Trinajstić information content (AvgIpc) is 2.59. The van der Waals surface area contributed by atoms with Gasteiger partial charge in [-0.05, 0) is 31.5 Å². The van der Waals surface area contributed by atoms with Gasteiger partial charge in [0.1, 0.15) is 6.10 Å². The third-order valence-corrected chi connectivity index (χ3v) is 3.76. The van der Waals surface area contributed by atoms with Crippen molar-refractivity contribution in [1.29, 1.82) is 0 Å². The molecule has 2 atom stereocenters. The summed E-state index contributed by atoms with van der Waals surface area (Å²) in [4.78, 5) is 18.9. The van der Waals surface area contributed by atoms with E-state index in [1.54, 1.807) is 20.2 Å². The quantitative estimate of drug-likeness (QED) is 0.822. The van der Waals surface area contributed by atoms with Gasteiger partial charge >= 0.3 is 0 Å². The van der Waals surface area contributed by atoms with E-state index < -0.39 is 6.10 Å². The van der Waals surface area contributed by atoms with Crippen molar-refractivity contribution in [3.63, 3.8) is 0 Å². The Morgan fingerprint density at radius 3 is 2.41 bits per heavy atom. The number of ether oxygens (including phenoxy) is 1. The van der Waals surface area contributed by atoms with Gasteiger partial charge in [-0.1, -0.05) is 36.4 Å². The van der Waals surface area contributed by atoms with Crippen LogP contribution in [0.4, 0.5) is 0 Å². The molecular weight excluding hydrogens is 276 g/mol. The van der Waals surface area contributed by atoms with Gasteiger partial charge in [0.2, 0.25) is 0 Å². The molecule has 1 aromatic heterocycles. The molecule has 0 spiro atoms. The highest BCUT2D eigenvalue weighted by molar-refractivity contribution is 5.81. The Morgan fingerprint density at radius 2 is 1.82 bits per heavy atom. The van der Waals surface area contributed by atoms with Gasteiger partial charge in [0.05, 0.1) is 11.7 Å². The van der Waals surface area contributed by atoms with Crippen LogP contribution in [0.3, 0.4) is 0 Å². The molecule has 1 aromatic carbocycles. The Hall–Kier alpha value is -2.20. The average molecular weight is 298 g/mol. The lowest BCUT2D eigenvalue weighted by molar-refractivity contribution is -0.144. The zero-order valence-corrected chi connectivity index (χ0v) is 13.3. The summed E-state index contributed by atoms with van der Waals surface area (Å²) in [6.45, 7) is 4.29. The molecule has 0 fully saturated rings. The fourth-order valence-corrected chi connectivity index (χ4v) is 2.30. The summed E-state index contributed by atoms with van der Waals surface area (Å²) in [5.41, 5.74) is 1.96. The second-order valence-electron chi connectivity index (χ2n) is 5.26. The highest BCUT2D eigenvalue weighted by Gasteiger charge is 2.26. The molecule has 4 nitrogen and oxygen atoms in total. The molecule has 22 heavy (non-hydrogen) atoms. The molecule has 1 heterocycles. The van der Waals surface area contributed by atoms with Gasteiger partial charge in [0.15, 0.2) is 0 Å². The molecule has 4 heteroatoms. The van der Waals surface area contributed by atoms with Crippen LogP contribution in [0.1, 0.15) is 31.1 Å². The number of carbonyl (C=O) groups is 1. The van der Waals surface area contributed by atoms with Crippen LogP contribution in [0, 0.1) is 0 Å². The molecule has 0 aliphatic rings. The van der Waals surface area contributed by atoms with Gasteiger partial charge in [-0.15, -0.1) is 0 Å². The topological polar surface area (TPSA) is 42.4 Å². The van der Waals surface area contributed by atoms with E-state index in [0.29, 0.717) is 6.54 Å².